The molecule has 0 radical (unpaired) electrons. The molecular weight excluding hydrogens is 311 g/mol. The summed E-state index contributed by atoms with van der Waals surface area (Å²) in [5.41, 5.74) is 0. The van der Waals surface area contributed by atoms with Crippen LogP contribution in [0.5, 0.6) is 0 Å². The van der Waals surface area contributed by atoms with E-state index in [-0.39, 0.29) is 31.2 Å². The first-order valence-corrected chi connectivity index (χ1v) is 8.56. The Morgan fingerprint density at radius 1 is 0.826 bits per heavy atom. The van der Waals surface area contributed by atoms with E-state index in [0.29, 0.717) is 11.2 Å². The van der Waals surface area contributed by atoms with Gasteiger partial charge in [0.25, 0.3) is 0 Å². The lowest BCUT2D eigenvalue weighted by Crippen LogP contribution is -2.64. The predicted molar refractivity (Wildman–Crippen MR) is 88.0 cm³/mol. The second kappa shape index (κ2) is 5.55. The first kappa shape index (κ1) is 17.3. The number of rotatable bonds is 1. The molecule has 118 valence electrons. The SMILES string of the molecule is CC1C(C)(C)P(c2cc(=C=O)c(=C=O)c(=C=O)c2=C=O)C1(C)C. The van der Waals surface area contributed by atoms with Crippen molar-refractivity contribution in [1.29, 1.82) is 0 Å². The van der Waals surface area contributed by atoms with Gasteiger partial charge in [0.1, 0.15) is 23.8 Å². The first-order chi connectivity index (χ1) is 10.7. The van der Waals surface area contributed by atoms with Crippen LogP contribution >= 0.6 is 7.92 Å². The lowest BCUT2D eigenvalue weighted by atomic mass is 9.83. The van der Waals surface area contributed by atoms with Crippen molar-refractivity contribution in [1.82, 2.24) is 0 Å². The highest BCUT2D eigenvalue weighted by molar-refractivity contribution is 7.70. The van der Waals surface area contributed by atoms with Crippen LogP contribution in [0, 0.1) is 5.92 Å². The average Bonchev–Trinajstić information content (AvgIpc) is 2.52. The summed E-state index contributed by atoms with van der Waals surface area (Å²) in [6.45, 7) is 10.6. The van der Waals surface area contributed by atoms with Crippen LogP contribution in [0.2, 0.25) is 0 Å². The van der Waals surface area contributed by atoms with Crippen molar-refractivity contribution in [3.05, 3.63) is 26.9 Å². The maximum absolute atomic E-state index is 11.5. The van der Waals surface area contributed by atoms with Crippen LogP contribution in [0.1, 0.15) is 34.6 Å². The van der Waals surface area contributed by atoms with Gasteiger partial charge >= 0.3 is 0 Å². The summed E-state index contributed by atoms with van der Waals surface area (Å²) in [7, 11) is -0.857. The van der Waals surface area contributed by atoms with Gasteiger partial charge in [-0.25, -0.2) is 19.2 Å². The fourth-order valence-electron chi connectivity index (χ4n) is 3.79. The maximum atomic E-state index is 11.5. The van der Waals surface area contributed by atoms with Crippen molar-refractivity contribution < 1.29 is 19.2 Å². The summed E-state index contributed by atoms with van der Waals surface area (Å²) in [6.07, 6.45) is 0. The van der Waals surface area contributed by atoms with Crippen LogP contribution in [0.3, 0.4) is 0 Å². The van der Waals surface area contributed by atoms with Crippen molar-refractivity contribution in [2.45, 2.75) is 44.9 Å². The second-order valence-electron chi connectivity index (χ2n) is 6.84. The molecule has 0 aromatic heterocycles. The Morgan fingerprint density at radius 3 is 1.70 bits per heavy atom. The van der Waals surface area contributed by atoms with Crippen molar-refractivity contribution in [2.75, 3.05) is 0 Å². The third kappa shape index (κ3) is 2.21. The number of hydrogen-bond acceptors (Lipinski definition) is 4. The molecule has 1 fully saturated rings. The molecule has 0 bridgehead atoms. The molecule has 1 aromatic rings. The van der Waals surface area contributed by atoms with Crippen LogP contribution in [-0.2, 0) is 19.2 Å². The van der Waals surface area contributed by atoms with Crippen molar-refractivity contribution in [3.63, 3.8) is 0 Å². The Kier molecular flexibility index (Phi) is 4.18. The minimum Gasteiger partial charge on any atom is -0.233 e. The molecule has 1 aliphatic heterocycles. The molecule has 0 amide bonds. The molecule has 1 aromatic carbocycles. The predicted octanol–water partition coefficient (Wildman–Crippen LogP) is -1.99. The minimum absolute atomic E-state index is 0.0245. The van der Waals surface area contributed by atoms with E-state index < -0.39 is 7.92 Å². The Balaban J connectivity index is 3.10. The Labute approximate surface area is 134 Å². The van der Waals surface area contributed by atoms with E-state index in [1.54, 1.807) is 23.8 Å². The van der Waals surface area contributed by atoms with E-state index in [1.165, 1.54) is 6.07 Å². The van der Waals surface area contributed by atoms with Gasteiger partial charge in [-0.2, -0.15) is 0 Å². The summed E-state index contributed by atoms with van der Waals surface area (Å²) in [6, 6.07) is 1.50. The molecule has 0 N–H and O–H groups in total. The van der Waals surface area contributed by atoms with Gasteiger partial charge in [-0.15, -0.1) is 0 Å². The molecule has 23 heavy (non-hydrogen) atoms. The molecular formula is C18H17O4P. The van der Waals surface area contributed by atoms with Gasteiger partial charge in [0.05, 0.1) is 20.9 Å². The summed E-state index contributed by atoms with van der Waals surface area (Å²) >= 11 is 0. The number of hydrogen-bond donors (Lipinski definition) is 0. The zero-order valence-corrected chi connectivity index (χ0v) is 14.6. The second-order valence-corrected chi connectivity index (χ2v) is 10.3. The standard InChI is InChI=1S/C18H17O4P/c1-11-17(2,3)23(18(11,4)5)16-6-12(7-19)13(8-20)14(9-21)15(16)10-22/h6,11H,1-5H3. The normalized spacial score (nSPS) is 23.7. The Morgan fingerprint density at radius 2 is 1.30 bits per heavy atom. The first-order valence-electron chi connectivity index (χ1n) is 7.22. The highest BCUT2D eigenvalue weighted by Crippen LogP contribution is 2.74. The third-order valence-electron chi connectivity index (χ3n) is 5.24. The topological polar surface area (TPSA) is 68.3 Å². The monoisotopic (exact) mass is 328 g/mol. The van der Waals surface area contributed by atoms with Crippen LogP contribution in [0.15, 0.2) is 6.07 Å². The molecule has 1 saturated heterocycles. The molecule has 0 unspecified atom stereocenters. The van der Waals surface area contributed by atoms with Crippen molar-refractivity contribution in [2.24, 2.45) is 5.92 Å². The van der Waals surface area contributed by atoms with Crippen LogP contribution in [-0.4, -0.2) is 34.1 Å². The minimum atomic E-state index is -0.857. The largest absolute Gasteiger partial charge is 0.233 e. The summed E-state index contributed by atoms with van der Waals surface area (Å²) < 4.78 is 0. The van der Waals surface area contributed by atoms with Crippen molar-refractivity contribution in [3.8, 4) is 0 Å². The van der Waals surface area contributed by atoms with Gasteiger partial charge < -0.3 is 0 Å². The average molecular weight is 328 g/mol. The van der Waals surface area contributed by atoms with Gasteiger partial charge in [-0.3, -0.25) is 0 Å². The van der Waals surface area contributed by atoms with E-state index in [2.05, 4.69) is 34.6 Å². The fourth-order valence-corrected chi connectivity index (χ4v) is 8.37. The highest BCUT2D eigenvalue weighted by Gasteiger charge is 2.59. The van der Waals surface area contributed by atoms with E-state index >= 15 is 0 Å². The molecule has 4 nitrogen and oxygen atoms in total. The quantitative estimate of drug-likeness (QED) is 0.560. The molecule has 2 rings (SSSR count). The van der Waals surface area contributed by atoms with E-state index in [4.69, 9.17) is 0 Å². The molecule has 0 spiro atoms. The zero-order valence-electron chi connectivity index (χ0n) is 13.7. The molecule has 1 heterocycles. The lowest BCUT2D eigenvalue weighted by Gasteiger charge is -2.64. The molecule has 1 aliphatic rings. The Hall–Kier alpha value is -2.03. The molecule has 0 saturated carbocycles. The molecule has 5 heteroatoms. The van der Waals surface area contributed by atoms with Crippen molar-refractivity contribution >= 4 is 37.0 Å². The number of carbonyl (C=O) groups excluding carboxylic acids is 4. The van der Waals surface area contributed by atoms with E-state index in [0.717, 1.165) is 0 Å². The van der Waals surface area contributed by atoms with Crippen LogP contribution < -0.4 is 26.2 Å². The van der Waals surface area contributed by atoms with Gasteiger partial charge in [0.2, 0.25) is 0 Å². The zero-order chi connectivity index (χ0) is 17.6. The van der Waals surface area contributed by atoms with Gasteiger partial charge in [-0.05, 0) is 27.6 Å². The van der Waals surface area contributed by atoms with E-state index in [9.17, 15) is 19.2 Å². The number of benzene rings is 1. The van der Waals surface area contributed by atoms with Crippen LogP contribution in [0.25, 0.3) is 0 Å². The molecule has 0 aliphatic carbocycles. The molecule has 0 atom stereocenters. The fraction of sp³-hybridized carbons (Fsp3) is 0.444. The lowest BCUT2D eigenvalue weighted by molar-refractivity contribution is 0.308. The third-order valence-corrected chi connectivity index (χ3v) is 9.15. The van der Waals surface area contributed by atoms with Gasteiger partial charge in [-0.1, -0.05) is 42.5 Å². The Bertz CT molecular complexity index is 998. The summed E-state index contributed by atoms with van der Waals surface area (Å²) in [5, 5.41) is -0.0685. The maximum Gasteiger partial charge on any atom is 0.135 e. The van der Waals surface area contributed by atoms with Gasteiger partial charge in [0.15, 0.2) is 0 Å². The van der Waals surface area contributed by atoms with Crippen LogP contribution in [0.4, 0.5) is 0 Å². The van der Waals surface area contributed by atoms with Gasteiger partial charge in [0, 0.05) is 0 Å². The summed E-state index contributed by atoms with van der Waals surface area (Å²) in [4.78, 5) is 45.1. The highest BCUT2D eigenvalue weighted by atomic mass is 31.1. The smallest absolute Gasteiger partial charge is 0.135 e. The summed E-state index contributed by atoms with van der Waals surface area (Å²) in [5.74, 6) is 6.99. The van der Waals surface area contributed by atoms with E-state index in [1.807, 2.05) is 0 Å².